The van der Waals surface area contributed by atoms with Gasteiger partial charge in [0.1, 0.15) is 30.5 Å². The number of hydrogen-bond acceptors (Lipinski definition) is 4. The van der Waals surface area contributed by atoms with E-state index in [1.165, 1.54) is 13.8 Å². The van der Waals surface area contributed by atoms with Crippen molar-refractivity contribution in [2.75, 3.05) is 19.8 Å². The fourth-order valence-corrected chi connectivity index (χ4v) is 4.58. The lowest BCUT2D eigenvalue weighted by Gasteiger charge is -2.44. The first-order valence-electron chi connectivity index (χ1n) is 10.8. The smallest absolute Gasteiger partial charge is 0.328 e. The number of nitrogens with zero attached hydrogens (tertiary/aromatic N) is 1. The predicted molar refractivity (Wildman–Crippen MR) is 117 cm³/mol. The summed E-state index contributed by atoms with van der Waals surface area (Å²) < 4.78 is 56.9. The Hall–Kier alpha value is -3.00. The van der Waals surface area contributed by atoms with Crippen LogP contribution in [0, 0.1) is 11.6 Å². The molecule has 0 amide bonds. The first kappa shape index (κ1) is 23.2. The quantitative estimate of drug-likeness (QED) is 0.641. The van der Waals surface area contributed by atoms with E-state index in [9.17, 15) is 9.18 Å². The van der Waals surface area contributed by atoms with Crippen molar-refractivity contribution < 1.29 is 32.5 Å². The van der Waals surface area contributed by atoms with Gasteiger partial charge < -0.3 is 14.6 Å². The normalized spacial score (nSPS) is 20.7. The summed E-state index contributed by atoms with van der Waals surface area (Å²) in [5.41, 5.74) is -0.239. The van der Waals surface area contributed by atoms with Gasteiger partial charge in [-0.15, -0.1) is 0 Å². The van der Waals surface area contributed by atoms with Crippen LogP contribution in [0.3, 0.4) is 0 Å². The number of aliphatic carboxylic acids is 1. The molecule has 8 heteroatoms. The highest BCUT2D eigenvalue weighted by molar-refractivity contribution is 5.85. The summed E-state index contributed by atoms with van der Waals surface area (Å²) in [6, 6.07) is 4.65. The molecule has 0 saturated heterocycles. The summed E-state index contributed by atoms with van der Waals surface area (Å²) in [5, 5.41) is 8.81. The monoisotopic (exact) mass is 461 g/mol. The van der Waals surface area contributed by atoms with Crippen LogP contribution in [-0.2, 0) is 11.2 Å². The van der Waals surface area contributed by atoms with Gasteiger partial charge >= 0.3 is 5.97 Å². The molecule has 0 bridgehead atoms. The van der Waals surface area contributed by atoms with Gasteiger partial charge in [0.2, 0.25) is 0 Å². The molecule has 2 aromatic carbocycles. The number of carbonyl (C=O) groups is 1. The third-order valence-electron chi connectivity index (χ3n) is 5.86. The Morgan fingerprint density at radius 2 is 1.76 bits per heavy atom. The molecule has 0 aliphatic carbocycles. The van der Waals surface area contributed by atoms with E-state index in [1.807, 2.05) is 13.0 Å². The largest absolute Gasteiger partial charge is 0.486 e. The third kappa shape index (κ3) is 4.85. The fourth-order valence-electron chi connectivity index (χ4n) is 4.58. The number of halogens is 3. The lowest BCUT2D eigenvalue weighted by molar-refractivity contribution is -0.131. The average Bonchev–Trinajstić information content (AvgIpc) is 2.71. The molecule has 0 aromatic heterocycles. The third-order valence-corrected chi connectivity index (χ3v) is 5.86. The molecule has 2 aliphatic heterocycles. The molecule has 5 nitrogen and oxygen atoms in total. The van der Waals surface area contributed by atoms with E-state index in [4.69, 9.17) is 14.6 Å². The van der Waals surface area contributed by atoms with Gasteiger partial charge in [-0.3, -0.25) is 4.90 Å². The minimum Gasteiger partial charge on any atom is -0.486 e. The Kier molecular flexibility index (Phi) is 6.14. The molecule has 2 aromatic rings. The van der Waals surface area contributed by atoms with Crippen molar-refractivity contribution in [2.24, 2.45) is 0 Å². The molecule has 0 radical (unpaired) electrons. The van der Waals surface area contributed by atoms with Crippen LogP contribution in [0.15, 0.2) is 30.3 Å². The highest BCUT2D eigenvalue weighted by atomic mass is 19.1. The maximum atomic E-state index is 15.4. The SMILES string of the molecule is C[C@H]1Cc2cc3c(cc2[C@H](c2c(F)cc(/C=C/C(=O)O)cc2F)N1CC(C)(C)F)OCCO3. The van der Waals surface area contributed by atoms with E-state index in [0.29, 0.717) is 36.7 Å². The van der Waals surface area contributed by atoms with E-state index in [1.54, 1.807) is 11.0 Å². The lowest BCUT2D eigenvalue weighted by Crippen LogP contribution is -2.48. The molecule has 4 rings (SSSR count). The van der Waals surface area contributed by atoms with Gasteiger partial charge in [-0.25, -0.2) is 18.0 Å². The maximum Gasteiger partial charge on any atom is 0.328 e. The molecule has 2 aliphatic rings. The second-order valence-electron chi connectivity index (χ2n) is 9.11. The molecule has 0 spiro atoms. The zero-order valence-corrected chi connectivity index (χ0v) is 18.7. The van der Waals surface area contributed by atoms with Crippen LogP contribution < -0.4 is 9.47 Å². The van der Waals surface area contributed by atoms with Gasteiger partial charge in [0.15, 0.2) is 11.5 Å². The molecule has 0 fully saturated rings. The Morgan fingerprint density at radius 3 is 2.33 bits per heavy atom. The molecule has 0 saturated carbocycles. The molecular formula is C25H26F3NO4. The van der Waals surface area contributed by atoms with E-state index in [-0.39, 0.29) is 23.7 Å². The van der Waals surface area contributed by atoms with Crippen LogP contribution in [0.25, 0.3) is 6.08 Å². The van der Waals surface area contributed by atoms with Crippen molar-refractivity contribution in [3.05, 3.63) is 64.2 Å². The minimum absolute atomic E-state index is 0.0355. The second kappa shape index (κ2) is 8.74. The zero-order valence-electron chi connectivity index (χ0n) is 18.7. The van der Waals surface area contributed by atoms with Crippen molar-refractivity contribution in [1.29, 1.82) is 0 Å². The summed E-state index contributed by atoms with van der Waals surface area (Å²) in [5.74, 6) is -1.82. The number of fused-ring (bicyclic) bond motifs is 2. The summed E-state index contributed by atoms with van der Waals surface area (Å²) in [6.07, 6.45) is 2.49. The Morgan fingerprint density at radius 1 is 1.15 bits per heavy atom. The van der Waals surface area contributed by atoms with Gasteiger partial charge in [-0.2, -0.15) is 0 Å². The number of benzene rings is 2. The molecular weight excluding hydrogens is 435 g/mol. The van der Waals surface area contributed by atoms with Gasteiger partial charge in [-0.05, 0) is 74.2 Å². The molecule has 2 atom stereocenters. The van der Waals surface area contributed by atoms with Gasteiger partial charge in [0.25, 0.3) is 0 Å². The highest BCUT2D eigenvalue weighted by Gasteiger charge is 2.40. The topological polar surface area (TPSA) is 59.0 Å². The molecule has 2 heterocycles. The first-order valence-corrected chi connectivity index (χ1v) is 10.8. The number of carboxylic acids is 1. The van der Waals surface area contributed by atoms with Crippen LogP contribution in [0.1, 0.15) is 49.1 Å². The van der Waals surface area contributed by atoms with Crippen molar-refractivity contribution >= 4 is 12.0 Å². The van der Waals surface area contributed by atoms with Crippen LogP contribution in [0.5, 0.6) is 11.5 Å². The summed E-state index contributed by atoms with van der Waals surface area (Å²) >= 11 is 0. The van der Waals surface area contributed by atoms with Gasteiger partial charge in [-0.1, -0.05) is 0 Å². The van der Waals surface area contributed by atoms with Crippen LogP contribution in [0.4, 0.5) is 13.2 Å². The number of ether oxygens (including phenoxy) is 2. The minimum atomic E-state index is -1.60. The molecule has 33 heavy (non-hydrogen) atoms. The predicted octanol–water partition coefficient (Wildman–Crippen LogP) is 4.92. The summed E-state index contributed by atoms with van der Waals surface area (Å²) in [6.45, 7) is 5.51. The summed E-state index contributed by atoms with van der Waals surface area (Å²) in [4.78, 5) is 12.6. The maximum absolute atomic E-state index is 15.4. The van der Waals surface area contributed by atoms with Crippen molar-refractivity contribution in [3.63, 3.8) is 0 Å². The number of alkyl halides is 1. The summed E-state index contributed by atoms with van der Waals surface area (Å²) in [7, 11) is 0. The van der Waals surface area contributed by atoms with Crippen molar-refractivity contribution in [3.8, 4) is 11.5 Å². The standard InChI is InChI=1S/C25H26F3NO4/c1-14-8-16-11-20-21(33-7-6-32-20)12-17(16)24(29(14)13-25(2,3)28)23-18(26)9-15(10-19(23)27)4-5-22(30)31/h4-5,9-12,14,24H,6-8,13H2,1-3H3,(H,30,31)/b5-4+/t14-,24+/m0/s1. The Bertz CT molecular complexity index is 1090. The first-order chi connectivity index (χ1) is 15.5. The number of rotatable bonds is 5. The van der Waals surface area contributed by atoms with E-state index in [0.717, 1.165) is 29.8 Å². The Balaban J connectivity index is 1.88. The van der Waals surface area contributed by atoms with Crippen molar-refractivity contribution in [2.45, 2.75) is 44.9 Å². The van der Waals surface area contributed by atoms with E-state index >= 15 is 8.78 Å². The van der Waals surface area contributed by atoms with Crippen LogP contribution >= 0.6 is 0 Å². The van der Waals surface area contributed by atoms with Crippen LogP contribution in [-0.4, -0.2) is 47.4 Å². The molecule has 176 valence electrons. The lowest BCUT2D eigenvalue weighted by atomic mass is 9.83. The second-order valence-corrected chi connectivity index (χ2v) is 9.11. The fraction of sp³-hybridized carbons (Fsp3) is 0.400. The number of hydrogen-bond donors (Lipinski definition) is 1. The molecule has 0 unspecified atom stereocenters. The highest BCUT2D eigenvalue weighted by Crippen LogP contribution is 2.45. The Labute approximate surface area is 190 Å². The average molecular weight is 461 g/mol. The van der Waals surface area contributed by atoms with Gasteiger partial charge in [0, 0.05) is 24.2 Å². The zero-order chi connectivity index (χ0) is 23.9. The van der Waals surface area contributed by atoms with E-state index < -0.39 is 29.3 Å². The van der Waals surface area contributed by atoms with E-state index in [2.05, 4.69) is 0 Å². The van der Waals surface area contributed by atoms with Crippen molar-refractivity contribution in [1.82, 2.24) is 4.90 Å². The number of carboxylic acid groups (broad SMARTS) is 1. The van der Waals surface area contributed by atoms with Gasteiger partial charge in [0.05, 0.1) is 6.04 Å². The van der Waals surface area contributed by atoms with Crippen LogP contribution in [0.2, 0.25) is 0 Å². The molecule has 1 N–H and O–H groups in total.